The van der Waals surface area contributed by atoms with Gasteiger partial charge in [-0.1, -0.05) is 19.1 Å². The fourth-order valence-electron chi connectivity index (χ4n) is 1.89. The molecule has 1 atom stereocenters. The molecule has 0 spiro atoms. The van der Waals surface area contributed by atoms with E-state index in [2.05, 4.69) is 6.92 Å². The van der Waals surface area contributed by atoms with E-state index in [-0.39, 0.29) is 12.5 Å². The molecule has 1 aliphatic rings. The highest BCUT2D eigenvalue weighted by molar-refractivity contribution is 5.70. The zero-order valence-corrected chi connectivity index (χ0v) is 8.69. The van der Waals surface area contributed by atoms with Gasteiger partial charge >= 0.3 is 5.97 Å². The summed E-state index contributed by atoms with van der Waals surface area (Å²) in [5, 5.41) is 8.68. The van der Waals surface area contributed by atoms with Crippen molar-refractivity contribution < 1.29 is 14.6 Å². The maximum atomic E-state index is 10.6. The van der Waals surface area contributed by atoms with Gasteiger partial charge in [0.2, 0.25) is 0 Å². The first-order valence-corrected chi connectivity index (χ1v) is 5.19. The lowest BCUT2D eigenvalue weighted by molar-refractivity contribution is -0.136. The van der Waals surface area contributed by atoms with Crippen LogP contribution in [0.4, 0.5) is 0 Å². The lowest BCUT2D eigenvalue weighted by Gasteiger charge is -2.05. The summed E-state index contributed by atoms with van der Waals surface area (Å²) in [4.78, 5) is 10.6. The maximum absolute atomic E-state index is 10.6. The van der Waals surface area contributed by atoms with Crippen LogP contribution in [0.1, 0.15) is 24.5 Å². The first kappa shape index (κ1) is 10.0. The summed E-state index contributed by atoms with van der Waals surface area (Å²) >= 11 is 0. The number of hydrogen-bond acceptors (Lipinski definition) is 2. The number of carboxylic acid groups (broad SMARTS) is 1. The van der Waals surface area contributed by atoms with E-state index in [1.54, 1.807) is 0 Å². The first-order valence-electron chi connectivity index (χ1n) is 5.19. The Balaban J connectivity index is 2.18. The fourth-order valence-corrected chi connectivity index (χ4v) is 1.89. The van der Waals surface area contributed by atoms with E-state index in [4.69, 9.17) is 9.84 Å². The molecule has 0 aliphatic carbocycles. The van der Waals surface area contributed by atoms with Crippen LogP contribution in [0.2, 0.25) is 0 Å². The summed E-state index contributed by atoms with van der Waals surface area (Å²) in [5.41, 5.74) is 1.99. The van der Waals surface area contributed by atoms with Gasteiger partial charge in [-0.05, 0) is 23.6 Å². The molecule has 80 valence electrons. The summed E-state index contributed by atoms with van der Waals surface area (Å²) in [5.74, 6) is 0.122. The quantitative estimate of drug-likeness (QED) is 0.823. The summed E-state index contributed by atoms with van der Waals surface area (Å²) in [6.45, 7) is 2.09. The minimum absolute atomic E-state index is 0.0874. The topological polar surface area (TPSA) is 46.5 Å². The van der Waals surface area contributed by atoms with E-state index in [9.17, 15) is 4.79 Å². The van der Waals surface area contributed by atoms with E-state index in [0.717, 1.165) is 29.7 Å². The molecule has 0 saturated carbocycles. The Bertz CT molecular complexity index is 384. The van der Waals surface area contributed by atoms with E-state index >= 15 is 0 Å². The monoisotopic (exact) mass is 206 g/mol. The minimum Gasteiger partial charge on any atom is -0.490 e. The second kappa shape index (κ2) is 3.93. The van der Waals surface area contributed by atoms with Crippen molar-refractivity contribution in [1.82, 2.24) is 0 Å². The van der Waals surface area contributed by atoms with Crippen LogP contribution in [-0.4, -0.2) is 17.2 Å². The molecule has 0 radical (unpaired) electrons. The summed E-state index contributed by atoms with van der Waals surface area (Å²) in [6, 6.07) is 5.65. The van der Waals surface area contributed by atoms with Gasteiger partial charge in [0, 0.05) is 6.42 Å². The van der Waals surface area contributed by atoms with Gasteiger partial charge in [-0.2, -0.15) is 0 Å². The van der Waals surface area contributed by atoms with Crippen molar-refractivity contribution in [3.05, 3.63) is 29.3 Å². The Morgan fingerprint density at radius 3 is 3.07 bits per heavy atom. The van der Waals surface area contributed by atoms with E-state index in [1.807, 2.05) is 18.2 Å². The molecule has 1 aromatic carbocycles. The third kappa shape index (κ3) is 2.12. The molecular weight excluding hydrogens is 192 g/mol. The molecule has 0 bridgehead atoms. The number of ether oxygens (including phenoxy) is 1. The minimum atomic E-state index is -0.791. The zero-order valence-electron chi connectivity index (χ0n) is 8.69. The highest BCUT2D eigenvalue weighted by atomic mass is 16.5. The first-order chi connectivity index (χ1) is 7.19. The highest BCUT2D eigenvalue weighted by Crippen LogP contribution is 2.30. The molecular formula is C12H14O3. The number of rotatable bonds is 3. The average Bonchev–Trinajstić information content (AvgIpc) is 2.58. The molecule has 3 heteroatoms. The molecule has 0 aromatic heterocycles. The van der Waals surface area contributed by atoms with Crippen LogP contribution in [-0.2, 0) is 17.6 Å². The average molecular weight is 206 g/mol. The van der Waals surface area contributed by atoms with Crippen molar-refractivity contribution in [2.45, 2.75) is 32.3 Å². The Hall–Kier alpha value is -1.51. The smallest absolute Gasteiger partial charge is 0.307 e. The molecule has 1 aliphatic heterocycles. The van der Waals surface area contributed by atoms with Crippen LogP contribution in [0, 0.1) is 0 Å². The Labute approximate surface area is 88.7 Å². The highest BCUT2D eigenvalue weighted by Gasteiger charge is 2.21. The second-order valence-corrected chi connectivity index (χ2v) is 3.86. The number of aliphatic carboxylic acids is 1. The standard InChI is InChI=1S/C12H14O3/c1-2-10-7-9-5-8(6-12(13)14)3-4-11(9)15-10/h3-5,10H,2,6-7H2,1H3,(H,13,14)/t10-/m1/s1. The number of hydrogen-bond donors (Lipinski definition) is 1. The van der Waals surface area contributed by atoms with Crippen LogP contribution >= 0.6 is 0 Å². The summed E-state index contributed by atoms with van der Waals surface area (Å²) in [7, 11) is 0. The van der Waals surface area contributed by atoms with Crippen molar-refractivity contribution in [2.75, 3.05) is 0 Å². The van der Waals surface area contributed by atoms with Crippen molar-refractivity contribution in [3.8, 4) is 5.75 Å². The molecule has 15 heavy (non-hydrogen) atoms. The Kier molecular flexibility index (Phi) is 2.62. The van der Waals surface area contributed by atoms with Gasteiger partial charge < -0.3 is 9.84 Å². The largest absolute Gasteiger partial charge is 0.490 e. The van der Waals surface area contributed by atoms with Crippen molar-refractivity contribution in [3.63, 3.8) is 0 Å². The number of fused-ring (bicyclic) bond motifs is 1. The molecule has 0 unspecified atom stereocenters. The normalized spacial score (nSPS) is 18.3. The Morgan fingerprint density at radius 2 is 2.40 bits per heavy atom. The third-order valence-corrected chi connectivity index (χ3v) is 2.68. The number of benzene rings is 1. The lowest BCUT2D eigenvalue weighted by Crippen LogP contribution is -2.10. The van der Waals surface area contributed by atoms with Gasteiger partial charge in [-0.3, -0.25) is 4.79 Å². The Morgan fingerprint density at radius 1 is 1.60 bits per heavy atom. The van der Waals surface area contributed by atoms with E-state index in [0.29, 0.717) is 0 Å². The van der Waals surface area contributed by atoms with Gasteiger partial charge in [0.15, 0.2) is 0 Å². The predicted octanol–water partition coefficient (Wildman–Crippen LogP) is 2.03. The number of carbonyl (C=O) groups is 1. The molecule has 0 fully saturated rings. The maximum Gasteiger partial charge on any atom is 0.307 e. The molecule has 0 amide bonds. The zero-order chi connectivity index (χ0) is 10.8. The number of carboxylic acids is 1. The molecule has 1 aromatic rings. The van der Waals surface area contributed by atoms with E-state index in [1.165, 1.54) is 0 Å². The van der Waals surface area contributed by atoms with Crippen molar-refractivity contribution >= 4 is 5.97 Å². The van der Waals surface area contributed by atoms with Gasteiger partial charge in [0.05, 0.1) is 6.42 Å². The molecule has 1 heterocycles. The van der Waals surface area contributed by atoms with Crippen LogP contribution in [0.5, 0.6) is 5.75 Å². The van der Waals surface area contributed by atoms with E-state index < -0.39 is 5.97 Å². The third-order valence-electron chi connectivity index (χ3n) is 2.68. The van der Waals surface area contributed by atoms with Gasteiger partial charge in [-0.25, -0.2) is 0 Å². The van der Waals surface area contributed by atoms with Crippen LogP contribution in [0.25, 0.3) is 0 Å². The van der Waals surface area contributed by atoms with Crippen LogP contribution in [0.3, 0.4) is 0 Å². The second-order valence-electron chi connectivity index (χ2n) is 3.86. The van der Waals surface area contributed by atoms with Crippen molar-refractivity contribution in [1.29, 1.82) is 0 Å². The summed E-state index contributed by atoms with van der Waals surface area (Å²) in [6.07, 6.45) is 2.24. The van der Waals surface area contributed by atoms with Crippen molar-refractivity contribution in [2.24, 2.45) is 0 Å². The summed E-state index contributed by atoms with van der Waals surface area (Å²) < 4.78 is 5.67. The lowest BCUT2D eigenvalue weighted by atomic mass is 10.0. The SMILES string of the molecule is CC[C@@H]1Cc2cc(CC(=O)O)ccc2O1. The fraction of sp³-hybridized carbons (Fsp3) is 0.417. The molecule has 3 nitrogen and oxygen atoms in total. The van der Waals surface area contributed by atoms with Crippen LogP contribution < -0.4 is 4.74 Å². The predicted molar refractivity (Wildman–Crippen MR) is 56.2 cm³/mol. The molecule has 1 N–H and O–H groups in total. The van der Waals surface area contributed by atoms with Crippen LogP contribution in [0.15, 0.2) is 18.2 Å². The van der Waals surface area contributed by atoms with Gasteiger partial charge in [0.1, 0.15) is 11.9 Å². The molecule has 0 saturated heterocycles. The molecule has 2 rings (SSSR count). The van der Waals surface area contributed by atoms with Gasteiger partial charge in [-0.15, -0.1) is 0 Å². The van der Waals surface area contributed by atoms with Gasteiger partial charge in [0.25, 0.3) is 0 Å².